The molecule has 6 rings (SSSR count). The summed E-state index contributed by atoms with van der Waals surface area (Å²) in [5.41, 5.74) is 5.69. The van der Waals surface area contributed by atoms with E-state index in [1.807, 2.05) is 42.7 Å². The lowest BCUT2D eigenvalue weighted by Gasteiger charge is -2.28. The van der Waals surface area contributed by atoms with Crippen LogP contribution in [0.4, 0.5) is 4.39 Å². The fourth-order valence-electron chi connectivity index (χ4n) is 4.64. The Kier molecular flexibility index (Phi) is 6.21. The number of imidazole rings is 1. The van der Waals surface area contributed by atoms with Gasteiger partial charge >= 0.3 is 0 Å². The molecule has 0 aromatic carbocycles. The van der Waals surface area contributed by atoms with Crippen LogP contribution in [0.25, 0.3) is 49.6 Å². The number of thiophene rings is 1. The number of nitrogens with zero attached hydrogens (tertiary/aromatic N) is 4. The molecule has 5 aromatic heterocycles. The Morgan fingerprint density at radius 1 is 1.21 bits per heavy atom. The van der Waals surface area contributed by atoms with Crippen LogP contribution in [0.5, 0.6) is 0 Å². The van der Waals surface area contributed by atoms with Gasteiger partial charge in [-0.2, -0.15) is 5.10 Å². The van der Waals surface area contributed by atoms with Crippen LogP contribution in [0.2, 0.25) is 0 Å². The number of rotatable bonds is 8. The second-order valence-corrected chi connectivity index (χ2v) is 10.2. The van der Waals surface area contributed by atoms with Crippen LogP contribution in [0.3, 0.4) is 0 Å². The molecule has 7 nitrogen and oxygen atoms in total. The minimum Gasteiger partial charge on any atom is -0.359 e. The summed E-state index contributed by atoms with van der Waals surface area (Å²) in [6.45, 7) is 9.94. The maximum absolute atomic E-state index is 16.1. The molecule has 1 aliphatic rings. The molecule has 5 aromatic rings. The molecule has 0 radical (unpaired) electrons. The fourth-order valence-corrected chi connectivity index (χ4v) is 5.36. The molecule has 190 valence electrons. The molecule has 0 spiro atoms. The Hall–Kier alpha value is -4.37. The van der Waals surface area contributed by atoms with E-state index >= 15 is 4.39 Å². The highest BCUT2D eigenvalue weighted by molar-refractivity contribution is 7.13. The molecule has 5 heterocycles. The summed E-state index contributed by atoms with van der Waals surface area (Å²) >= 11 is 1.59. The lowest BCUT2D eigenvalue weighted by molar-refractivity contribution is 0.356. The predicted octanol–water partition coefficient (Wildman–Crippen LogP) is 7.14. The number of fused-ring (bicyclic) bond motifs is 2. The second-order valence-electron chi connectivity index (χ2n) is 9.23. The van der Waals surface area contributed by atoms with Gasteiger partial charge < -0.3 is 10.3 Å². The van der Waals surface area contributed by atoms with E-state index in [1.165, 1.54) is 6.42 Å². The molecule has 38 heavy (non-hydrogen) atoms. The SMILES string of the molecule is C=C/C(=C\C(=C/C)c1ncc2[nH]nc(-c3nc4c(-c5cccs5)nccc4[nH]3)c2c1F)NC(=C)C1CCC1. The third-order valence-electron chi connectivity index (χ3n) is 6.94. The molecule has 0 aliphatic heterocycles. The summed E-state index contributed by atoms with van der Waals surface area (Å²) < 4.78 is 16.1. The number of halogens is 1. The number of hydrogen-bond acceptors (Lipinski definition) is 6. The average Bonchev–Trinajstić information content (AvgIpc) is 3.65. The van der Waals surface area contributed by atoms with E-state index in [0.29, 0.717) is 39.4 Å². The van der Waals surface area contributed by atoms with Crippen molar-refractivity contribution in [3.8, 4) is 22.1 Å². The van der Waals surface area contributed by atoms with Crippen molar-refractivity contribution in [1.82, 2.24) is 35.5 Å². The van der Waals surface area contributed by atoms with Crippen molar-refractivity contribution in [3.05, 3.63) is 90.3 Å². The standard InChI is InChI=1S/C29H26FN7S/c1-4-17(14-19(5-2)33-16(3)18-8-6-9-18)25-24(30)23-21(15-32-25)36-37-28(23)29-34-20-11-12-31-27(26(20)35-29)22-10-7-13-38-22/h4-5,7,10-15,18,33H,2-3,6,8-9H2,1H3,(H,34,35)(H,36,37)/b17-4+,19-14+. The van der Waals surface area contributed by atoms with Crippen LogP contribution in [-0.2, 0) is 0 Å². The lowest BCUT2D eigenvalue weighted by atomic mass is 9.83. The number of H-pyrrole nitrogens is 2. The highest BCUT2D eigenvalue weighted by atomic mass is 32.1. The van der Waals surface area contributed by atoms with Crippen molar-refractivity contribution in [1.29, 1.82) is 0 Å². The first-order chi connectivity index (χ1) is 18.6. The molecule has 1 aliphatic carbocycles. The normalized spacial score (nSPS) is 14.7. The van der Waals surface area contributed by atoms with Crippen LogP contribution in [0.1, 0.15) is 31.9 Å². The quantitative estimate of drug-likeness (QED) is 0.188. The third kappa shape index (κ3) is 4.14. The second kappa shape index (κ2) is 9.83. The zero-order valence-electron chi connectivity index (χ0n) is 20.9. The van der Waals surface area contributed by atoms with Crippen LogP contribution in [-0.4, -0.2) is 30.1 Å². The van der Waals surface area contributed by atoms with Crippen LogP contribution in [0, 0.1) is 11.7 Å². The molecule has 1 saturated carbocycles. The largest absolute Gasteiger partial charge is 0.359 e. The van der Waals surface area contributed by atoms with Crippen molar-refractivity contribution in [3.63, 3.8) is 0 Å². The monoisotopic (exact) mass is 523 g/mol. The molecule has 0 saturated heterocycles. The molecule has 0 atom stereocenters. The van der Waals surface area contributed by atoms with Crippen molar-refractivity contribution in [2.75, 3.05) is 0 Å². The van der Waals surface area contributed by atoms with Gasteiger partial charge in [0.05, 0.1) is 27.5 Å². The van der Waals surface area contributed by atoms with Crippen LogP contribution in [0.15, 0.2) is 78.8 Å². The zero-order valence-corrected chi connectivity index (χ0v) is 21.7. The van der Waals surface area contributed by atoms with E-state index in [9.17, 15) is 0 Å². The number of hydrogen-bond donors (Lipinski definition) is 3. The van der Waals surface area contributed by atoms with Gasteiger partial charge in [-0.05, 0) is 55.3 Å². The highest BCUT2D eigenvalue weighted by Gasteiger charge is 2.23. The Bertz CT molecular complexity index is 1740. The maximum atomic E-state index is 16.1. The molecule has 0 bridgehead atoms. The Labute approximate surface area is 223 Å². The minimum atomic E-state index is -0.478. The van der Waals surface area contributed by atoms with Gasteiger partial charge in [0.15, 0.2) is 11.6 Å². The fraction of sp³-hybridized carbons (Fsp3) is 0.172. The highest BCUT2D eigenvalue weighted by Crippen LogP contribution is 2.35. The van der Waals surface area contributed by atoms with Gasteiger partial charge in [-0.3, -0.25) is 15.1 Å². The Morgan fingerprint density at radius 3 is 2.79 bits per heavy atom. The van der Waals surface area contributed by atoms with Crippen molar-refractivity contribution in [2.45, 2.75) is 26.2 Å². The van der Waals surface area contributed by atoms with Gasteiger partial charge in [0.25, 0.3) is 0 Å². The van der Waals surface area contributed by atoms with E-state index in [1.54, 1.807) is 29.8 Å². The maximum Gasteiger partial charge on any atom is 0.161 e. The van der Waals surface area contributed by atoms with Crippen molar-refractivity contribution in [2.24, 2.45) is 5.92 Å². The summed E-state index contributed by atoms with van der Waals surface area (Å²) in [6.07, 6.45) is 12.2. The summed E-state index contributed by atoms with van der Waals surface area (Å²) in [5.74, 6) is 0.441. The van der Waals surface area contributed by atoms with Crippen molar-refractivity contribution < 1.29 is 4.39 Å². The summed E-state index contributed by atoms with van der Waals surface area (Å²) in [6, 6.07) is 5.83. The predicted molar refractivity (Wildman–Crippen MR) is 152 cm³/mol. The molecule has 0 unspecified atom stereocenters. The van der Waals surface area contributed by atoms with E-state index in [2.05, 4.69) is 43.6 Å². The third-order valence-corrected chi connectivity index (χ3v) is 7.82. The van der Waals surface area contributed by atoms with Gasteiger partial charge in [-0.15, -0.1) is 11.3 Å². The summed E-state index contributed by atoms with van der Waals surface area (Å²) in [5, 5.41) is 13.0. The smallest absolute Gasteiger partial charge is 0.161 e. The van der Waals surface area contributed by atoms with Gasteiger partial charge in [0, 0.05) is 23.2 Å². The Morgan fingerprint density at radius 2 is 2.08 bits per heavy atom. The first-order valence-electron chi connectivity index (χ1n) is 12.5. The average molecular weight is 524 g/mol. The summed E-state index contributed by atoms with van der Waals surface area (Å²) in [4.78, 5) is 18.0. The number of pyridine rings is 2. The molecule has 3 N–H and O–H groups in total. The summed E-state index contributed by atoms with van der Waals surface area (Å²) in [7, 11) is 0. The number of aromatic nitrogens is 6. The van der Waals surface area contributed by atoms with Crippen molar-refractivity contribution >= 4 is 38.8 Å². The van der Waals surface area contributed by atoms with Crippen LogP contribution >= 0.6 is 11.3 Å². The molecular weight excluding hydrogens is 497 g/mol. The van der Waals surface area contributed by atoms with Gasteiger partial charge in [-0.25, -0.2) is 9.37 Å². The molecule has 1 fully saturated rings. The molecular formula is C29H26FN7S. The van der Waals surface area contributed by atoms with Gasteiger partial charge in [0.2, 0.25) is 0 Å². The van der Waals surface area contributed by atoms with Gasteiger partial charge in [-0.1, -0.05) is 31.7 Å². The van der Waals surface area contributed by atoms with E-state index in [-0.39, 0.29) is 5.69 Å². The van der Waals surface area contributed by atoms with Gasteiger partial charge in [0.1, 0.15) is 22.6 Å². The first-order valence-corrected chi connectivity index (χ1v) is 13.3. The molecule has 0 amide bonds. The first kappa shape index (κ1) is 24.0. The topological polar surface area (TPSA) is 95.2 Å². The van der Waals surface area contributed by atoms with E-state index in [0.717, 1.165) is 40.3 Å². The number of nitrogens with one attached hydrogen (secondary N) is 3. The molecule has 9 heteroatoms. The zero-order chi connectivity index (χ0) is 26.2. The van der Waals surface area contributed by atoms with Crippen LogP contribution < -0.4 is 5.32 Å². The van der Waals surface area contributed by atoms with E-state index in [4.69, 9.17) is 4.98 Å². The van der Waals surface area contributed by atoms with E-state index < -0.39 is 5.82 Å². The number of aromatic amines is 2. The number of allylic oxidation sites excluding steroid dienone is 5. The lowest BCUT2D eigenvalue weighted by Crippen LogP contribution is -2.23. The Balaban J connectivity index is 1.41. The minimum absolute atomic E-state index is 0.218.